The van der Waals surface area contributed by atoms with Gasteiger partial charge in [0.2, 0.25) is 0 Å². The van der Waals surface area contributed by atoms with Gasteiger partial charge in [-0.15, -0.1) is 0 Å². The van der Waals surface area contributed by atoms with Crippen molar-refractivity contribution >= 4 is 23.1 Å². The molecular formula is C43H52ClN5O5. The molecule has 2 unspecified atom stereocenters. The number of hydrogen-bond donors (Lipinski definition) is 1. The minimum Gasteiger partial charge on any atom is -0.489 e. The lowest BCUT2D eigenvalue weighted by Crippen LogP contribution is -2.57. The number of benzene rings is 2. The minimum atomic E-state index is -0.829. The second-order valence-corrected chi connectivity index (χ2v) is 15.4. The Bertz CT molecular complexity index is 1890. The lowest BCUT2D eigenvalue weighted by Gasteiger charge is -2.43. The Morgan fingerprint density at radius 1 is 1.13 bits per heavy atom. The van der Waals surface area contributed by atoms with Crippen LogP contribution < -0.4 is 9.47 Å². The number of nitriles is 1. The third-order valence-corrected chi connectivity index (χ3v) is 11.4. The van der Waals surface area contributed by atoms with Gasteiger partial charge in [0.1, 0.15) is 42.4 Å². The van der Waals surface area contributed by atoms with E-state index in [0.717, 1.165) is 50.0 Å². The molecule has 1 aromatic heterocycles. The van der Waals surface area contributed by atoms with E-state index < -0.39 is 17.6 Å². The number of likely N-dealkylation sites (N-methyl/N-ethyl adjacent to an activating group) is 1. The SMILES string of the molecule is Cc1ccccc1C1=CC=CC(COc2cc(OCc3cncc(C#N)c3)c(CN3CCCC[C@H]3C(=O)O)cc2Cl)(OCCCN2CC(N(C)C)C2)C1C. The fraction of sp³-hybridized carbons (Fsp3) is 0.465. The van der Waals surface area contributed by atoms with Gasteiger partial charge in [-0.2, -0.15) is 5.26 Å². The Kier molecular flexibility index (Phi) is 13.1. The highest BCUT2D eigenvalue weighted by atomic mass is 35.5. The van der Waals surface area contributed by atoms with Crippen molar-refractivity contribution in [2.75, 3.05) is 53.5 Å². The number of allylic oxidation sites excluding steroid dienone is 2. The molecule has 3 heterocycles. The molecule has 0 amide bonds. The fourth-order valence-electron chi connectivity index (χ4n) is 7.68. The smallest absolute Gasteiger partial charge is 0.320 e. The summed E-state index contributed by atoms with van der Waals surface area (Å²) < 4.78 is 19.9. The summed E-state index contributed by atoms with van der Waals surface area (Å²) in [5, 5.41) is 19.8. The van der Waals surface area contributed by atoms with E-state index in [2.05, 4.69) is 91.3 Å². The van der Waals surface area contributed by atoms with Crippen molar-refractivity contribution in [1.29, 1.82) is 5.26 Å². The molecule has 0 spiro atoms. The molecule has 2 aliphatic heterocycles. The average molecular weight is 754 g/mol. The summed E-state index contributed by atoms with van der Waals surface area (Å²) in [6.07, 6.45) is 12.8. The highest BCUT2D eigenvalue weighted by Gasteiger charge is 2.41. The van der Waals surface area contributed by atoms with Gasteiger partial charge in [0, 0.05) is 74.3 Å². The van der Waals surface area contributed by atoms with Crippen LogP contribution in [0.5, 0.6) is 11.5 Å². The number of carboxylic acids is 1. The van der Waals surface area contributed by atoms with E-state index in [9.17, 15) is 15.2 Å². The molecule has 0 saturated carbocycles. The largest absolute Gasteiger partial charge is 0.489 e. The van der Waals surface area contributed by atoms with Crippen molar-refractivity contribution < 1.29 is 24.1 Å². The van der Waals surface area contributed by atoms with Crippen LogP contribution in [-0.4, -0.2) is 102 Å². The van der Waals surface area contributed by atoms with Gasteiger partial charge in [0.05, 0.1) is 10.6 Å². The van der Waals surface area contributed by atoms with Crippen LogP contribution >= 0.6 is 11.6 Å². The number of aryl methyl sites for hydroxylation is 1. The second kappa shape index (κ2) is 17.9. The quantitative estimate of drug-likeness (QED) is 0.154. The summed E-state index contributed by atoms with van der Waals surface area (Å²) in [5.41, 5.74) is 4.72. The molecule has 3 aromatic rings. The van der Waals surface area contributed by atoms with Crippen molar-refractivity contribution in [2.24, 2.45) is 5.92 Å². The maximum atomic E-state index is 12.2. The minimum absolute atomic E-state index is 0.0357. The Morgan fingerprint density at radius 3 is 2.70 bits per heavy atom. The highest BCUT2D eigenvalue weighted by Crippen LogP contribution is 2.42. The maximum absolute atomic E-state index is 12.2. The van der Waals surface area contributed by atoms with Gasteiger partial charge in [0.25, 0.3) is 0 Å². The average Bonchev–Trinajstić information content (AvgIpc) is 3.14. The molecule has 10 nitrogen and oxygen atoms in total. The number of hydrogen-bond acceptors (Lipinski definition) is 9. The number of carbonyl (C=O) groups is 1. The predicted octanol–water partition coefficient (Wildman–Crippen LogP) is 6.99. The molecule has 2 saturated heterocycles. The van der Waals surface area contributed by atoms with Crippen LogP contribution in [-0.2, 0) is 22.7 Å². The molecule has 11 heteroatoms. The number of nitrogens with zero attached hydrogens (tertiary/aromatic N) is 5. The summed E-state index contributed by atoms with van der Waals surface area (Å²) in [4.78, 5) is 23.1. The number of aliphatic carboxylic acids is 1. The van der Waals surface area contributed by atoms with Crippen molar-refractivity contribution in [2.45, 2.75) is 70.4 Å². The molecule has 286 valence electrons. The third-order valence-electron chi connectivity index (χ3n) is 11.1. The number of rotatable bonds is 16. The molecular weight excluding hydrogens is 702 g/mol. The first-order valence-electron chi connectivity index (χ1n) is 18.9. The van der Waals surface area contributed by atoms with Gasteiger partial charge >= 0.3 is 5.97 Å². The number of likely N-dealkylation sites (tertiary alicyclic amines) is 2. The third kappa shape index (κ3) is 9.34. The van der Waals surface area contributed by atoms with Crippen molar-refractivity contribution in [3.05, 3.63) is 106 Å². The highest BCUT2D eigenvalue weighted by molar-refractivity contribution is 6.32. The van der Waals surface area contributed by atoms with E-state index in [1.165, 1.54) is 22.9 Å². The van der Waals surface area contributed by atoms with Crippen LogP contribution in [0.1, 0.15) is 60.4 Å². The molecule has 1 N–H and O–H groups in total. The molecule has 6 rings (SSSR count). The van der Waals surface area contributed by atoms with Crippen LogP contribution in [0.25, 0.3) is 5.57 Å². The number of pyridine rings is 1. The Balaban J connectivity index is 1.25. The zero-order chi connectivity index (χ0) is 38.2. The van der Waals surface area contributed by atoms with E-state index in [0.29, 0.717) is 54.2 Å². The lowest BCUT2D eigenvalue weighted by molar-refractivity contribution is -0.144. The monoisotopic (exact) mass is 753 g/mol. The van der Waals surface area contributed by atoms with Crippen molar-refractivity contribution in [1.82, 2.24) is 19.7 Å². The van der Waals surface area contributed by atoms with E-state index in [1.807, 2.05) is 11.0 Å². The van der Waals surface area contributed by atoms with E-state index in [4.69, 9.17) is 25.8 Å². The summed E-state index contributed by atoms with van der Waals surface area (Å²) in [6.45, 7) is 9.40. The van der Waals surface area contributed by atoms with E-state index in [-0.39, 0.29) is 19.1 Å². The number of piperidine rings is 1. The van der Waals surface area contributed by atoms with Crippen LogP contribution in [0.15, 0.2) is 73.1 Å². The number of aromatic nitrogens is 1. The van der Waals surface area contributed by atoms with Crippen molar-refractivity contribution in [3.8, 4) is 17.6 Å². The van der Waals surface area contributed by atoms with Gasteiger partial charge in [-0.3, -0.25) is 14.7 Å². The standard InChI is InChI=1S/C43H52ClN5O5/c1-30-11-5-6-12-36(30)37-13-9-15-43(31(37)2,54-18-10-16-48-26-35(27-48)47(3)4)29-53-41-21-40(52-28-33-19-32(22-45)23-46-24-33)34(20-38(41)44)25-49-17-8-7-14-39(49)42(50)51/h5-6,9,11-13,15,19-21,23-24,31,35,39H,7-8,10,14,16-18,25-29H2,1-4H3,(H,50,51)/t31?,39-,43?/m0/s1. The molecule has 2 aromatic carbocycles. The molecule has 54 heavy (non-hydrogen) atoms. The van der Waals surface area contributed by atoms with Gasteiger partial charge in [-0.05, 0) is 81.7 Å². The lowest BCUT2D eigenvalue weighted by atomic mass is 9.76. The second-order valence-electron chi connectivity index (χ2n) is 15.0. The number of carboxylic acid groups (broad SMARTS) is 1. The number of halogens is 1. The number of ether oxygens (including phenoxy) is 3. The summed E-state index contributed by atoms with van der Waals surface area (Å²) in [6, 6.07) is 15.9. The first-order chi connectivity index (χ1) is 26.1. The van der Waals surface area contributed by atoms with Gasteiger partial charge in [-0.1, -0.05) is 61.4 Å². The first-order valence-corrected chi connectivity index (χ1v) is 19.3. The van der Waals surface area contributed by atoms with Crippen LogP contribution in [0, 0.1) is 24.2 Å². The van der Waals surface area contributed by atoms with Crippen LogP contribution in [0.2, 0.25) is 5.02 Å². The summed E-state index contributed by atoms with van der Waals surface area (Å²) >= 11 is 7.00. The zero-order valence-electron chi connectivity index (χ0n) is 31.8. The van der Waals surface area contributed by atoms with Crippen LogP contribution in [0.3, 0.4) is 0 Å². The van der Waals surface area contributed by atoms with Gasteiger partial charge < -0.3 is 29.1 Å². The van der Waals surface area contributed by atoms with E-state index >= 15 is 0 Å². The first kappa shape index (κ1) is 39.5. The topological polar surface area (TPSA) is 111 Å². The molecule has 0 bridgehead atoms. The zero-order valence-corrected chi connectivity index (χ0v) is 32.6. The molecule has 0 radical (unpaired) electrons. The fourth-order valence-corrected chi connectivity index (χ4v) is 7.92. The van der Waals surface area contributed by atoms with Gasteiger partial charge in [0.15, 0.2) is 0 Å². The normalized spacial score (nSPS) is 22.1. The Labute approximate surface area is 324 Å². The van der Waals surface area contributed by atoms with Gasteiger partial charge in [-0.25, -0.2) is 0 Å². The molecule has 3 atom stereocenters. The predicted molar refractivity (Wildman–Crippen MR) is 211 cm³/mol. The molecule has 1 aliphatic carbocycles. The summed E-state index contributed by atoms with van der Waals surface area (Å²) in [5.74, 6) is 0.106. The van der Waals surface area contributed by atoms with E-state index in [1.54, 1.807) is 18.3 Å². The Morgan fingerprint density at radius 2 is 1.94 bits per heavy atom. The molecule has 2 fully saturated rings. The van der Waals surface area contributed by atoms with Crippen LogP contribution in [0.4, 0.5) is 0 Å². The molecule has 3 aliphatic rings. The maximum Gasteiger partial charge on any atom is 0.320 e. The van der Waals surface area contributed by atoms with Crippen molar-refractivity contribution in [3.63, 3.8) is 0 Å². The summed E-state index contributed by atoms with van der Waals surface area (Å²) in [7, 11) is 4.27. The Hall–Kier alpha value is -4.24.